The molecule has 2 aromatic rings. The van der Waals surface area contributed by atoms with E-state index < -0.39 is 0 Å². The molecule has 0 fully saturated rings. The molecule has 0 unspecified atom stereocenters. The van der Waals surface area contributed by atoms with Crippen molar-refractivity contribution >= 4 is 5.57 Å². The van der Waals surface area contributed by atoms with Crippen LogP contribution in [-0.2, 0) is 6.42 Å². The molecule has 21 heavy (non-hydrogen) atoms. The van der Waals surface area contributed by atoms with Crippen molar-refractivity contribution in [3.8, 4) is 23.0 Å². The maximum absolute atomic E-state index is 10.1. The predicted octanol–water partition coefficient (Wildman–Crippen LogP) is 3.39. The summed E-state index contributed by atoms with van der Waals surface area (Å²) in [7, 11) is 3.20. The normalized spacial score (nSPS) is 13.0. The molecule has 0 bridgehead atoms. The number of phenols is 1. The summed E-state index contributed by atoms with van der Waals surface area (Å²) in [5.41, 5.74) is 2.73. The van der Waals surface area contributed by atoms with E-state index in [-0.39, 0.29) is 5.75 Å². The molecule has 0 amide bonds. The average molecular weight is 284 g/mol. The van der Waals surface area contributed by atoms with E-state index in [2.05, 4.69) is 0 Å². The molecule has 3 rings (SSSR count). The highest BCUT2D eigenvalue weighted by molar-refractivity contribution is 5.74. The first-order chi connectivity index (χ1) is 10.2. The van der Waals surface area contributed by atoms with Crippen LogP contribution in [0.3, 0.4) is 0 Å². The van der Waals surface area contributed by atoms with Crippen molar-refractivity contribution in [2.45, 2.75) is 6.42 Å². The van der Waals surface area contributed by atoms with Gasteiger partial charge in [0.1, 0.15) is 23.0 Å². The molecule has 4 heteroatoms. The van der Waals surface area contributed by atoms with Crippen molar-refractivity contribution in [1.29, 1.82) is 0 Å². The van der Waals surface area contributed by atoms with Gasteiger partial charge < -0.3 is 19.3 Å². The lowest BCUT2D eigenvalue weighted by Crippen LogP contribution is -2.03. The molecule has 0 aliphatic carbocycles. The molecular formula is C17H16O4. The minimum absolute atomic E-state index is 0.182. The van der Waals surface area contributed by atoms with Crippen LogP contribution in [0.4, 0.5) is 0 Å². The van der Waals surface area contributed by atoms with Gasteiger partial charge in [-0.25, -0.2) is 0 Å². The molecule has 1 aliphatic heterocycles. The van der Waals surface area contributed by atoms with Gasteiger partial charge in [0, 0.05) is 29.7 Å². The number of fused-ring (bicyclic) bond motifs is 1. The number of allylic oxidation sites excluding steroid dienone is 1. The van der Waals surface area contributed by atoms with Crippen LogP contribution in [0.2, 0.25) is 0 Å². The van der Waals surface area contributed by atoms with Gasteiger partial charge in [0.05, 0.1) is 20.5 Å². The first kappa shape index (κ1) is 13.4. The molecule has 0 saturated heterocycles. The molecule has 108 valence electrons. The third kappa shape index (κ3) is 2.52. The van der Waals surface area contributed by atoms with E-state index in [1.807, 2.05) is 30.3 Å². The topological polar surface area (TPSA) is 47.9 Å². The minimum Gasteiger partial charge on any atom is -0.507 e. The first-order valence-corrected chi connectivity index (χ1v) is 6.61. The van der Waals surface area contributed by atoms with E-state index in [0.29, 0.717) is 12.2 Å². The fourth-order valence-corrected chi connectivity index (χ4v) is 2.37. The summed E-state index contributed by atoms with van der Waals surface area (Å²) in [5.74, 6) is 2.35. The number of benzene rings is 2. The van der Waals surface area contributed by atoms with E-state index in [9.17, 15) is 5.11 Å². The van der Waals surface area contributed by atoms with Crippen LogP contribution in [0.1, 0.15) is 11.1 Å². The highest BCUT2D eigenvalue weighted by atomic mass is 16.5. The number of hydrogen-bond acceptors (Lipinski definition) is 4. The number of aromatic hydroxyl groups is 1. The standard InChI is InChI=1S/C17H16O4/c1-19-13-5-6-15(16(18)8-13)12-7-11-3-4-14(20-2)9-17(11)21-10-12/h3-6,8-10,18H,7H2,1-2H3. The maximum Gasteiger partial charge on any atom is 0.133 e. The monoisotopic (exact) mass is 284 g/mol. The minimum atomic E-state index is 0.182. The Morgan fingerprint density at radius 3 is 2.43 bits per heavy atom. The SMILES string of the molecule is COc1ccc(C2=COc3cc(OC)ccc3C2)c(O)c1. The quantitative estimate of drug-likeness (QED) is 0.938. The first-order valence-electron chi connectivity index (χ1n) is 6.61. The van der Waals surface area contributed by atoms with Crippen molar-refractivity contribution in [2.75, 3.05) is 14.2 Å². The summed E-state index contributed by atoms with van der Waals surface area (Å²) in [6.07, 6.45) is 2.36. The zero-order valence-electron chi connectivity index (χ0n) is 11.9. The van der Waals surface area contributed by atoms with Crippen LogP contribution in [0, 0.1) is 0 Å². The fraction of sp³-hybridized carbons (Fsp3) is 0.176. The van der Waals surface area contributed by atoms with Crippen molar-refractivity contribution < 1.29 is 19.3 Å². The van der Waals surface area contributed by atoms with Crippen molar-refractivity contribution in [3.63, 3.8) is 0 Å². The molecule has 1 heterocycles. The maximum atomic E-state index is 10.1. The average Bonchev–Trinajstić information content (AvgIpc) is 2.53. The Morgan fingerprint density at radius 2 is 1.71 bits per heavy atom. The molecule has 0 radical (unpaired) electrons. The fourth-order valence-electron chi connectivity index (χ4n) is 2.37. The summed E-state index contributed by atoms with van der Waals surface area (Å²) < 4.78 is 15.9. The molecule has 2 aromatic carbocycles. The number of hydrogen-bond donors (Lipinski definition) is 1. The lowest BCUT2D eigenvalue weighted by Gasteiger charge is -2.19. The van der Waals surface area contributed by atoms with E-state index in [1.165, 1.54) is 0 Å². The van der Waals surface area contributed by atoms with Crippen LogP contribution >= 0.6 is 0 Å². The van der Waals surface area contributed by atoms with Gasteiger partial charge >= 0.3 is 0 Å². The molecule has 1 N–H and O–H groups in total. The number of rotatable bonds is 3. The number of ether oxygens (including phenoxy) is 3. The Labute approximate surface area is 123 Å². The highest BCUT2D eigenvalue weighted by Crippen LogP contribution is 2.37. The molecule has 0 spiro atoms. The second kappa shape index (κ2) is 5.40. The van der Waals surface area contributed by atoms with E-state index >= 15 is 0 Å². The molecule has 0 aromatic heterocycles. The van der Waals surface area contributed by atoms with Gasteiger partial charge in [-0.3, -0.25) is 0 Å². The largest absolute Gasteiger partial charge is 0.507 e. The molecule has 4 nitrogen and oxygen atoms in total. The summed E-state index contributed by atoms with van der Waals surface area (Å²) >= 11 is 0. The van der Waals surface area contributed by atoms with Gasteiger partial charge in [-0.15, -0.1) is 0 Å². The van der Waals surface area contributed by atoms with Gasteiger partial charge in [-0.05, 0) is 23.8 Å². The summed E-state index contributed by atoms with van der Waals surface area (Å²) in [6.45, 7) is 0. The second-order valence-corrected chi connectivity index (χ2v) is 4.79. The second-order valence-electron chi connectivity index (χ2n) is 4.79. The van der Waals surface area contributed by atoms with Crippen LogP contribution in [0.25, 0.3) is 5.57 Å². The van der Waals surface area contributed by atoms with E-state index in [0.717, 1.165) is 28.2 Å². The van der Waals surface area contributed by atoms with Crippen LogP contribution in [0.5, 0.6) is 23.0 Å². The zero-order chi connectivity index (χ0) is 14.8. The van der Waals surface area contributed by atoms with Gasteiger partial charge in [0.15, 0.2) is 0 Å². The Hall–Kier alpha value is -2.62. The highest BCUT2D eigenvalue weighted by Gasteiger charge is 2.17. The molecule has 0 atom stereocenters. The van der Waals surface area contributed by atoms with Gasteiger partial charge in [-0.2, -0.15) is 0 Å². The Morgan fingerprint density at radius 1 is 1.00 bits per heavy atom. The molecular weight excluding hydrogens is 268 g/mol. The van der Waals surface area contributed by atoms with Crippen molar-refractivity contribution in [1.82, 2.24) is 0 Å². The lowest BCUT2D eigenvalue weighted by atomic mass is 9.96. The summed E-state index contributed by atoms with van der Waals surface area (Å²) in [6, 6.07) is 11.0. The summed E-state index contributed by atoms with van der Waals surface area (Å²) in [5, 5.41) is 10.1. The van der Waals surface area contributed by atoms with Crippen LogP contribution < -0.4 is 14.2 Å². The van der Waals surface area contributed by atoms with E-state index in [4.69, 9.17) is 14.2 Å². The van der Waals surface area contributed by atoms with Crippen molar-refractivity contribution in [2.24, 2.45) is 0 Å². The van der Waals surface area contributed by atoms with Crippen LogP contribution in [-0.4, -0.2) is 19.3 Å². The lowest BCUT2D eigenvalue weighted by molar-refractivity contribution is 0.405. The number of phenolic OH excluding ortho intramolecular Hbond substituents is 1. The zero-order valence-corrected chi connectivity index (χ0v) is 11.9. The summed E-state index contributed by atoms with van der Waals surface area (Å²) in [4.78, 5) is 0. The molecule has 1 aliphatic rings. The Kier molecular flexibility index (Phi) is 3.44. The smallest absolute Gasteiger partial charge is 0.133 e. The number of methoxy groups -OCH3 is 2. The van der Waals surface area contributed by atoms with E-state index in [1.54, 1.807) is 26.5 Å². The predicted molar refractivity (Wildman–Crippen MR) is 80.0 cm³/mol. The molecule has 0 saturated carbocycles. The van der Waals surface area contributed by atoms with Gasteiger partial charge in [-0.1, -0.05) is 6.07 Å². The third-order valence-electron chi connectivity index (χ3n) is 3.53. The third-order valence-corrected chi connectivity index (χ3v) is 3.53. The van der Waals surface area contributed by atoms with Crippen LogP contribution in [0.15, 0.2) is 42.7 Å². The van der Waals surface area contributed by atoms with Crippen molar-refractivity contribution in [3.05, 3.63) is 53.8 Å². The Balaban J connectivity index is 1.91. The Bertz CT molecular complexity index is 704. The van der Waals surface area contributed by atoms with Gasteiger partial charge in [0.25, 0.3) is 0 Å². The van der Waals surface area contributed by atoms with Gasteiger partial charge in [0.2, 0.25) is 0 Å².